The maximum atomic E-state index is 11.4. The van der Waals surface area contributed by atoms with Crippen LogP contribution in [0.15, 0.2) is 24.3 Å². The molecule has 1 aromatic carbocycles. The Bertz CT molecular complexity index is 499. The summed E-state index contributed by atoms with van der Waals surface area (Å²) in [5, 5.41) is 16.6. The number of aromatic hydroxyl groups is 1. The van der Waals surface area contributed by atoms with Gasteiger partial charge in [-0.2, -0.15) is 0 Å². The number of para-hydroxylation sites is 1. The Morgan fingerprint density at radius 3 is 2.59 bits per heavy atom. The van der Waals surface area contributed by atoms with Crippen LogP contribution in [0, 0.1) is 0 Å². The highest BCUT2D eigenvalue weighted by molar-refractivity contribution is 7.89. The first-order valence-corrected chi connectivity index (χ1v) is 6.64. The Morgan fingerprint density at radius 1 is 1.35 bits per heavy atom. The zero-order valence-electron chi connectivity index (χ0n) is 9.09. The number of benzene rings is 1. The Kier molecular flexibility index (Phi) is 4.47. The van der Waals surface area contributed by atoms with Gasteiger partial charge in [0.2, 0.25) is 15.9 Å². The Balaban J connectivity index is 2.43. The molecule has 0 aliphatic rings. The summed E-state index contributed by atoms with van der Waals surface area (Å²) in [4.78, 5) is 11.4. The summed E-state index contributed by atoms with van der Waals surface area (Å²) in [6.07, 6.45) is -0.00269. The van der Waals surface area contributed by atoms with Crippen molar-refractivity contribution in [1.29, 1.82) is 0 Å². The average molecular weight is 258 g/mol. The van der Waals surface area contributed by atoms with Crippen molar-refractivity contribution in [2.45, 2.75) is 6.42 Å². The van der Waals surface area contributed by atoms with Crippen LogP contribution in [0.5, 0.6) is 5.75 Å². The van der Waals surface area contributed by atoms with Gasteiger partial charge in [-0.05, 0) is 6.07 Å². The van der Waals surface area contributed by atoms with Crippen molar-refractivity contribution in [2.75, 3.05) is 12.3 Å². The van der Waals surface area contributed by atoms with Gasteiger partial charge in [0.05, 0.1) is 12.2 Å². The van der Waals surface area contributed by atoms with E-state index in [-0.39, 0.29) is 30.4 Å². The zero-order chi connectivity index (χ0) is 12.9. The molecule has 0 saturated heterocycles. The Labute approximate surface area is 99.5 Å². The third-order valence-corrected chi connectivity index (χ3v) is 2.82. The first-order valence-electron chi connectivity index (χ1n) is 4.92. The maximum absolute atomic E-state index is 11.4. The number of carbonyl (C=O) groups is 1. The molecule has 0 aliphatic carbocycles. The van der Waals surface area contributed by atoms with Gasteiger partial charge < -0.3 is 10.4 Å². The molecule has 1 aromatic rings. The van der Waals surface area contributed by atoms with Crippen LogP contribution >= 0.6 is 0 Å². The molecule has 1 rings (SSSR count). The molecule has 0 fully saturated rings. The highest BCUT2D eigenvalue weighted by Crippen LogP contribution is 2.15. The van der Waals surface area contributed by atoms with Crippen LogP contribution in [0.2, 0.25) is 0 Å². The van der Waals surface area contributed by atoms with Crippen molar-refractivity contribution in [1.82, 2.24) is 5.32 Å². The van der Waals surface area contributed by atoms with Crippen molar-refractivity contribution in [2.24, 2.45) is 5.14 Å². The summed E-state index contributed by atoms with van der Waals surface area (Å²) in [5.41, 5.74) is 0.487. The predicted molar refractivity (Wildman–Crippen MR) is 62.8 cm³/mol. The van der Waals surface area contributed by atoms with Crippen molar-refractivity contribution in [3.63, 3.8) is 0 Å². The van der Waals surface area contributed by atoms with Crippen molar-refractivity contribution >= 4 is 15.9 Å². The van der Waals surface area contributed by atoms with Gasteiger partial charge in [-0.3, -0.25) is 4.79 Å². The normalized spacial score (nSPS) is 11.1. The number of nitrogens with two attached hydrogens (primary N) is 1. The summed E-state index contributed by atoms with van der Waals surface area (Å²) in [6.45, 7) is -0.0364. The fourth-order valence-corrected chi connectivity index (χ4v) is 1.62. The summed E-state index contributed by atoms with van der Waals surface area (Å²) in [7, 11) is -3.56. The van der Waals surface area contributed by atoms with Crippen LogP contribution in [0.4, 0.5) is 0 Å². The van der Waals surface area contributed by atoms with E-state index in [4.69, 9.17) is 5.14 Å². The molecule has 0 unspecified atom stereocenters. The minimum absolute atomic E-state index is 0.00269. The number of phenols is 1. The fraction of sp³-hybridized carbons (Fsp3) is 0.300. The minimum Gasteiger partial charge on any atom is -0.508 e. The van der Waals surface area contributed by atoms with E-state index in [9.17, 15) is 18.3 Å². The summed E-state index contributed by atoms with van der Waals surface area (Å²) in [6, 6.07) is 6.45. The number of rotatable bonds is 5. The molecule has 94 valence electrons. The molecule has 7 heteroatoms. The second-order valence-electron chi connectivity index (χ2n) is 3.52. The number of nitrogens with one attached hydrogen (secondary N) is 1. The van der Waals surface area contributed by atoms with Crippen molar-refractivity contribution < 1.29 is 18.3 Å². The maximum Gasteiger partial charge on any atom is 0.224 e. The number of hydrogen-bond donors (Lipinski definition) is 3. The number of amides is 1. The molecule has 0 bridgehead atoms. The molecule has 0 radical (unpaired) electrons. The molecule has 6 nitrogen and oxygen atoms in total. The smallest absolute Gasteiger partial charge is 0.224 e. The quantitative estimate of drug-likeness (QED) is 0.651. The van der Waals surface area contributed by atoms with Crippen LogP contribution in [-0.4, -0.2) is 31.7 Å². The summed E-state index contributed by atoms with van der Waals surface area (Å²) in [5.74, 6) is -0.635. The van der Waals surface area contributed by atoms with Gasteiger partial charge in [-0.15, -0.1) is 0 Å². The number of sulfonamides is 1. The number of carbonyl (C=O) groups excluding carboxylic acids is 1. The lowest BCUT2D eigenvalue weighted by atomic mass is 10.1. The highest BCUT2D eigenvalue weighted by atomic mass is 32.2. The minimum atomic E-state index is -3.56. The van der Waals surface area contributed by atoms with Crippen LogP contribution < -0.4 is 10.5 Å². The van der Waals surface area contributed by atoms with E-state index in [0.717, 1.165) is 0 Å². The highest BCUT2D eigenvalue weighted by Gasteiger charge is 2.08. The first kappa shape index (κ1) is 13.5. The molecular weight excluding hydrogens is 244 g/mol. The molecule has 17 heavy (non-hydrogen) atoms. The van der Waals surface area contributed by atoms with Gasteiger partial charge in [0.25, 0.3) is 0 Å². The van der Waals surface area contributed by atoms with Crippen LogP contribution in [0.1, 0.15) is 5.56 Å². The second kappa shape index (κ2) is 5.65. The van der Waals surface area contributed by atoms with Gasteiger partial charge in [-0.1, -0.05) is 18.2 Å². The Morgan fingerprint density at radius 2 is 2.00 bits per heavy atom. The van der Waals surface area contributed by atoms with E-state index >= 15 is 0 Å². The van der Waals surface area contributed by atoms with E-state index < -0.39 is 10.0 Å². The Hall–Kier alpha value is -1.60. The molecule has 0 spiro atoms. The summed E-state index contributed by atoms with van der Waals surface area (Å²) < 4.78 is 21.2. The van der Waals surface area contributed by atoms with Crippen LogP contribution in [0.25, 0.3) is 0 Å². The monoisotopic (exact) mass is 258 g/mol. The topological polar surface area (TPSA) is 109 Å². The van der Waals surface area contributed by atoms with Gasteiger partial charge in [-0.25, -0.2) is 13.6 Å². The van der Waals surface area contributed by atoms with E-state index in [0.29, 0.717) is 5.56 Å². The molecule has 0 aliphatic heterocycles. The van der Waals surface area contributed by atoms with Gasteiger partial charge in [0, 0.05) is 12.1 Å². The molecule has 1 amide bonds. The van der Waals surface area contributed by atoms with Crippen LogP contribution in [0.3, 0.4) is 0 Å². The third kappa shape index (κ3) is 5.32. The van der Waals surface area contributed by atoms with E-state index in [1.54, 1.807) is 18.2 Å². The average Bonchev–Trinajstić information content (AvgIpc) is 2.19. The lowest BCUT2D eigenvalue weighted by molar-refractivity contribution is -0.120. The molecule has 0 saturated carbocycles. The third-order valence-electron chi connectivity index (χ3n) is 2.05. The molecule has 0 heterocycles. The first-order chi connectivity index (χ1) is 7.88. The lowest BCUT2D eigenvalue weighted by Gasteiger charge is -2.05. The number of primary sulfonamides is 1. The SMILES string of the molecule is NS(=O)(=O)CCNC(=O)Cc1ccccc1O. The molecule has 0 atom stereocenters. The molecular formula is C10H14N2O4S. The second-order valence-corrected chi connectivity index (χ2v) is 5.26. The van der Waals surface area contributed by atoms with Crippen molar-refractivity contribution in [3.05, 3.63) is 29.8 Å². The van der Waals surface area contributed by atoms with Gasteiger partial charge in [0.1, 0.15) is 5.75 Å². The van der Waals surface area contributed by atoms with E-state index in [1.165, 1.54) is 6.07 Å². The number of phenolic OH excluding ortho intramolecular Hbond substituents is 1. The van der Waals surface area contributed by atoms with Gasteiger partial charge in [0.15, 0.2) is 0 Å². The van der Waals surface area contributed by atoms with E-state index in [1.807, 2.05) is 0 Å². The number of hydrogen-bond acceptors (Lipinski definition) is 4. The standard InChI is InChI=1S/C10H14N2O4S/c11-17(15,16)6-5-12-10(14)7-8-3-1-2-4-9(8)13/h1-4,13H,5-7H2,(H,12,14)(H2,11,15,16). The fourth-order valence-electron chi connectivity index (χ4n) is 1.23. The largest absolute Gasteiger partial charge is 0.508 e. The summed E-state index contributed by atoms with van der Waals surface area (Å²) >= 11 is 0. The zero-order valence-corrected chi connectivity index (χ0v) is 9.90. The van der Waals surface area contributed by atoms with E-state index in [2.05, 4.69) is 5.32 Å². The molecule has 0 aromatic heterocycles. The molecule has 4 N–H and O–H groups in total. The van der Waals surface area contributed by atoms with Gasteiger partial charge >= 0.3 is 0 Å². The van der Waals surface area contributed by atoms with Crippen molar-refractivity contribution in [3.8, 4) is 5.75 Å². The lowest BCUT2D eigenvalue weighted by Crippen LogP contribution is -2.32. The van der Waals surface area contributed by atoms with Crippen LogP contribution in [-0.2, 0) is 21.2 Å². The predicted octanol–water partition coefficient (Wildman–Crippen LogP) is -0.661.